The lowest BCUT2D eigenvalue weighted by Gasteiger charge is -2.06. The number of carboxylic acids is 1. The molecule has 0 aliphatic rings. The number of aromatic carboxylic acids is 1. The molecule has 1 aromatic carbocycles. The molecule has 0 aliphatic heterocycles. The maximum absolute atomic E-state index is 10.9. The zero-order valence-electron chi connectivity index (χ0n) is 10.5. The Hall–Kier alpha value is -1.75. The van der Waals surface area contributed by atoms with Gasteiger partial charge in [0.1, 0.15) is 0 Å². The van der Waals surface area contributed by atoms with Crippen LogP contribution in [-0.4, -0.2) is 20.9 Å². The Morgan fingerprint density at radius 2 is 2.06 bits per heavy atom. The van der Waals surface area contributed by atoms with Crippen LogP contribution in [0.1, 0.15) is 21.6 Å². The maximum Gasteiger partial charge on any atom is 0.335 e. The Morgan fingerprint density at radius 3 is 2.56 bits per heavy atom. The van der Waals surface area contributed by atoms with E-state index >= 15 is 0 Å². The van der Waals surface area contributed by atoms with E-state index in [2.05, 4.69) is 5.10 Å². The normalized spacial score (nSPS) is 10.6. The van der Waals surface area contributed by atoms with Gasteiger partial charge in [-0.05, 0) is 43.7 Å². The Morgan fingerprint density at radius 1 is 1.33 bits per heavy atom. The highest BCUT2D eigenvalue weighted by molar-refractivity contribution is 7.99. The summed E-state index contributed by atoms with van der Waals surface area (Å²) in [5.74, 6) is -0.897. The summed E-state index contributed by atoms with van der Waals surface area (Å²) in [4.78, 5) is 11.9. The summed E-state index contributed by atoms with van der Waals surface area (Å²) >= 11 is 1.59. The quantitative estimate of drug-likeness (QED) is 0.924. The third-order valence-corrected chi connectivity index (χ3v) is 3.86. The summed E-state index contributed by atoms with van der Waals surface area (Å²) in [7, 11) is 1.90. The molecule has 0 bridgehead atoms. The smallest absolute Gasteiger partial charge is 0.335 e. The van der Waals surface area contributed by atoms with Gasteiger partial charge in [0.15, 0.2) is 0 Å². The van der Waals surface area contributed by atoms with Crippen LogP contribution < -0.4 is 0 Å². The molecule has 1 aromatic heterocycles. The van der Waals surface area contributed by atoms with Gasteiger partial charge in [-0.25, -0.2) is 4.79 Å². The molecule has 1 heterocycles. The van der Waals surface area contributed by atoms with Gasteiger partial charge in [0.25, 0.3) is 0 Å². The molecule has 2 rings (SSSR count). The Kier molecular flexibility index (Phi) is 3.43. The fourth-order valence-electron chi connectivity index (χ4n) is 1.69. The van der Waals surface area contributed by atoms with E-state index in [1.54, 1.807) is 23.9 Å². The van der Waals surface area contributed by atoms with E-state index in [9.17, 15) is 4.79 Å². The molecule has 0 unspecified atom stereocenters. The van der Waals surface area contributed by atoms with Crippen molar-refractivity contribution in [3.05, 3.63) is 41.1 Å². The second-order valence-corrected chi connectivity index (χ2v) is 5.20. The van der Waals surface area contributed by atoms with Gasteiger partial charge in [0.2, 0.25) is 0 Å². The summed E-state index contributed by atoms with van der Waals surface area (Å²) in [5.41, 5.74) is 2.25. The highest BCUT2D eigenvalue weighted by atomic mass is 32.2. The Balaban J connectivity index is 2.30. The molecule has 94 valence electrons. The third-order valence-electron chi connectivity index (χ3n) is 2.60. The largest absolute Gasteiger partial charge is 0.478 e. The Bertz CT molecular complexity index is 605. The van der Waals surface area contributed by atoms with E-state index < -0.39 is 5.97 Å². The SMILES string of the molecule is Cc1cc(Sc2ccc(C(=O)O)cc2C)n(C)n1. The minimum absolute atomic E-state index is 0.318. The lowest BCUT2D eigenvalue weighted by atomic mass is 10.1. The summed E-state index contributed by atoms with van der Waals surface area (Å²) in [6, 6.07) is 7.16. The number of hydrogen-bond donors (Lipinski definition) is 1. The van der Waals surface area contributed by atoms with Crippen molar-refractivity contribution >= 4 is 17.7 Å². The molecular weight excluding hydrogens is 248 g/mol. The van der Waals surface area contributed by atoms with Crippen molar-refractivity contribution in [3.63, 3.8) is 0 Å². The fourth-order valence-corrected chi connectivity index (χ4v) is 2.68. The Labute approximate surface area is 110 Å². The molecule has 0 radical (unpaired) electrons. The molecule has 18 heavy (non-hydrogen) atoms. The van der Waals surface area contributed by atoms with Crippen LogP contribution in [0.4, 0.5) is 0 Å². The minimum atomic E-state index is -0.897. The van der Waals surface area contributed by atoms with Crippen LogP contribution in [-0.2, 0) is 7.05 Å². The number of hydrogen-bond acceptors (Lipinski definition) is 3. The standard InChI is InChI=1S/C13H14N2O2S/c1-8-6-10(13(16)17)4-5-11(8)18-12-7-9(2)14-15(12)3/h4-7H,1-3H3,(H,16,17). The van der Waals surface area contributed by atoms with Gasteiger partial charge in [0.05, 0.1) is 16.3 Å². The second kappa shape index (κ2) is 4.86. The third kappa shape index (κ3) is 2.56. The monoisotopic (exact) mass is 262 g/mol. The predicted octanol–water partition coefficient (Wildman–Crippen LogP) is 2.89. The van der Waals surface area contributed by atoms with E-state index in [4.69, 9.17) is 5.11 Å². The van der Waals surface area contributed by atoms with Crippen LogP contribution in [0.25, 0.3) is 0 Å². The van der Waals surface area contributed by atoms with Gasteiger partial charge in [-0.1, -0.05) is 11.8 Å². The van der Waals surface area contributed by atoms with Crippen molar-refractivity contribution in [1.29, 1.82) is 0 Å². The molecule has 0 aliphatic carbocycles. The lowest BCUT2D eigenvalue weighted by molar-refractivity contribution is 0.0696. The van der Waals surface area contributed by atoms with E-state index in [1.807, 2.05) is 37.7 Å². The molecule has 0 fully saturated rings. The lowest BCUT2D eigenvalue weighted by Crippen LogP contribution is -1.97. The molecule has 0 amide bonds. The van der Waals surface area contributed by atoms with Crippen molar-refractivity contribution in [1.82, 2.24) is 9.78 Å². The molecule has 1 N–H and O–H groups in total. The predicted molar refractivity (Wildman–Crippen MR) is 70.2 cm³/mol. The van der Waals surface area contributed by atoms with Gasteiger partial charge < -0.3 is 5.11 Å². The number of aromatic nitrogens is 2. The van der Waals surface area contributed by atoms with Crippen LogP contribution >= 0.6 is 11.8 Å². The van der Waals surface area contributed by atoms with Crippen molar-refractivity contribution in [2.24, 2.45) is 7.05 Å². The number of aryl methyl sites for hydroxylation is 3. The zero-order valence-corrected chi connectivity index (χ0v) is 11.3. The number of rotatable bonds is 3. The van der Waals surface area contributed by atoms with Crippen LogP contribution in [0, 0.1) is 13.8 Å². The average Bonchev–Trinajstić information content (AvgIpc) is 2.60. The first-order valence-corrected chi connectivity index (χ1v) is 6.31. The maximum atomic E-state index is 10.9. The van der Waals surface area contributed by atoms with Crippen molar-refractivity contribution in [2.75, 3.05) is 0 Å². The summed E-state index contributed by atoms with van der Waals surface area (Å²) in [6.45, 7) is 3.86. The van der Waals surface area contributed by atoms with Crippen molar-refractivity contribution in [2.45, 2.75) is 23.8 Å². The number of benzene rings is 1. The first-order chi connectivity index (χ1) is 8.47. The molecule has 0 atom stereocenters. The van der Waals surface area contributed by atoms with E-state index in [-0.39, 0.29) is 0 Å². The van der Waals surface area contributed by atoms with E-state index in [1.165, 1.54) is 0 Å². The van der Waals surface area contributed by atoms with Crippen molar-refractivity contribution < 1.29 is 9.90 Å². The van der Waals surface area contributed by atoms with Crippen LogP contribution in [0.15, 0.2) is 34.2 Å². The fraction of sp³-hybridized carbons (Fsp3) is 0.231. The van der Waals surface area contributed by atoms with Gasteiger partial charge in [-0.2, -0.15) is 5.10 Å². The van der Waals surface area contributed by atoms with Crippen LogP contribution in [0.3, 0.4) is 0 Å². The zero-order chi connectivity index (χ0) is 13.3. The first-order valence-electron chi connectivity index (χ1n) is 5.50. The van der Waals surface area contributed by atoms with Gasteiger partial charge in [0, 0.05) is 11.9 Å². The highest BCUT2D eigenvalue weighted by Crippen LogP contribution is 2.30. The van der Waals surface area contributed by atoms with Crippen LogP contribution in [0.2, 0.25) is 0 Å². The van der Waals surface area contributed by atoms with Crippen molar-refractivity contribution in [3.8, 4) is 0 Å². The molecular formula is C13H14N2O2S. The highest BCUT2D eigenvalue weighted by Gasteiger charge is 2.09. The summed E-state index contributed by atoms with van der Waals surface area (Å²) < 4.78 is 1.82. The van der Waals surface area contributed by atoms with Crippen LogP contribution in [0.5, 0.6) is 0 Å². The molecule has 0 saturated heterocycles. The van der Waals surface area contributed by atoms with E-state index in [0.717, 1.165) is 21.2 Å². The first kappa shape index (κ1) is 12.7. The van der Waals surface area contributed by atoms with Gasteiger partial charge in [-0.3, -0.25) is 4.68 Å². The molecule has 0 spiro atoms. The van der Waals surface area contributed by atoms with Gasteiger partial charge in [-0.15, -0.1) is 0 Å². The molecule has 4 nitrogen and oxygen atoms in total. The number of carboxylic acid groups (broad SMARTS) is 1. The topological polar surface area (TPSA) is 55.1 Å². The molecule has 5 heteroatoms. The number of nitrogens with zero attached hydrogens (tertiary/aromatic N) is 2. The minimum Gasteiger partial charge on any atom is -0.478 e. The van der Waals surface area contributed by atoms with E-state index in [0.29, 0.717) is 5.56 Å². The second-order valence-electron chi connectivity index (χ2n) is 4.14. The molecule has 0 saturated carbocycles. The number of carbonyl (C=O) groups is 1. The summed E-state index contributed by atoms with van der Waals surface area (Å²) in [5, 5.41) is 14.2. The molecule has 2 aromatic rings. The average molecular weight is 262 g/mol. The summed E-state index contributed by atoms with van der Waals surface area (Å²) in [6.07, 6.45) is 0. The van der Waals surface area contributed by atoms with Gasteiger partial charge >= 0.3 is 5.97 Å².